The van der Waals surface area contributed by atoms with Crippen molar-refractivity contribution < 1.29 is 19.1 Å². The Morgan fingerprint density at radius 3 is 2.54 bits per heavy atom. The number of ketones is 1. The van der Waals surface area contributed by atoms with E-state index in [0.717, 1.165) is 41.3 Å². The molecule has 2 aromatic carbocycles. The van der Waals surface area contributed by atoms with Gasteiger partial charge >= 0.3 is 6.09 Å². The molecule has 1 heterocycles. The molecular formula is C27H32N4O4. The number of benzene rings is 2. The van der Waals surface area contributed by atoms with Crippen molar-refractivity contribution in [3.05, 3.63) is 48.2 Å². The van der Waals surface area contributed by atoms with E-state index in [1.165, 1.54) is 0 Å². The Balaban J connectivity index is 1.52. The molecule has 35 heavy (non-hydrogen) atoms. The topological polar surface area (TPSA) is 102 Å². The van der Waals surface area contributed by atoms with Crippen LogP contribution in [0.25, 0.3) is 22.0 Å². The number of Topliss-reactive ketones (excluding diaryl/α,β-unsaturated/α-hetero) is 1. The normalized spacial score (nSPS) is 17.7. The maximum atomic E-state index is 12.2. The smallest absolute Gasteiger partial charge is 0.407 e. The van der Waals surface area contributed by atoms with Gasteiger partial charge in [-0.2, -0.15) is 0 Å². The molecule has 1 aliphatic carbocycles. The minimum absolute atomic E-state index is 0.000108. The maximum absolute atomic E-state index is 12.2. The zero-order chi connectivity index (χ0) is 25.2. The molecule has 1 aromatic heterocycles. The molecule has 1 saturated carbocycles. The number of carbonyl (C=O) groups is 2. The lowest BCUT2D eigenvalue weighted by molar-refractivity contribution is 0.0502. The molecule has 0 saturated heterocycles. The maximum Gasteiger partial charge on any atom is 0.407 e. The molecule has 184 valence electrons. The van der Waals surface area contributed by atoms with Gasteiger partial charge in [-0.05, 0) is 82.9 Å². The summed E-state index contributed by atoms with van der Waals surface area (Å²) in [5, 5.41) is 7.24. The summed E-state index contributed by atoms with van der Waals surface area (Å²) in [5.41, 5.74) is 2.64. The predicted molar refractivity (Wildman–Crippen MR) is 136 cm³/mol. The Morgan fingerprint density at radius 2 is 1.83 bits per heavy atom. The molecule has 2 N–H and O–H groups in total. The van der Waals surface area contributed by atoms with Crippen molar-refractivity contribution in [2.24, 2.45) is 0 Å². The Morgan fingerprint density at radius 1 is 1.06 bits per heavy atom. The van der Waals surface area contributed by atoms with Crippen molar-refractivity contribution in [3.8, 4) is 16.9 Å². The molecule has 8 nitrogen and oxygen atoms in total. The van der Waals surface area contributed by atoms with E-state index in [9.17, 15) is 9.59 Å². The molecule has 0 spiro atoms. The molecule has 2 atom stereocenters. The molecular weight excluding hydrogens is 444 g/mol. The number of rotatable bonds is 6. The molecule has 0 unspecified atom stereocenters. The SMILES string of the molecule is COc1ccc(C(C)=O)cc1-c1ccc2nc(N[C@@H]3CCC[C@@H]3NC(=O)OC(C)(C)C)ncc2c1. The number of alkyl carbamates (subject to hydrolysis) is 1. The van der Waals surface area contributed by atoms with Crippen LogP contribution in [-0.4, -0.2) is 46.6 Å². The summed E-state index contributed by atoms with van der Waals surface area (Å²) in [5.74, 6) is 1.21. The van der Waals surface area contributed by atoms with Crippen LogP contribution < -0.4 is 15.4 Å². The van der Waals surface area contributed by atoms with Gasteiger partial charge in [0.05, 0.1) is 18.7 Å². The highest BCUT2D eigenvalue weighted by atomic mass is 16.6. The van der Waals surface area contributed by atoms with E-state index in [-0.39, 0.29) is 17.9 Å². The fourth-order valence-corrected chi connectivity index (χ4v) is 4.35. The molecule has 0 radical (unpaired) electrons. The van der Waals surface area contributed by atoms with Crippen LogP contribution in [0.3, 0.4) is 0 Å². The Labute approximate surface area is 205 Å². The zero-order valence-electron chi connectivity index (χ0n) is 20.8. The van der Waals surface area contributed by atoms with Gasteiger partial charge in [-0.1, -0.05) is 6.07 Å². The number of ether oxygens (including phenoxy) is 2. The standard InChI is InChI=1S/C27H32N4O4/c1-16(32)17-10-12-24(34-5)20(14-17)18-9-11-21-19(13-18)15-28-25(29-21)30-22-7-6-8-23(22)31-26(33)35-27(2,3)4/h9-15,22-23H,6-8H2,1-5H3,(H,31,33)(H,28,29,30)/t22-,23+/m1/s1. The summed E-state index contributed by atoms with van der Waals surface area (Å²) in [6, 6.07) is 11.3. The minimum Gasteiger partial charge on any atom is -0.496 e. The van der Waals surface area contributed by atoms with Crippen molar-refractivity contribution in [2.45, 2.75) is 64.6 Å². The van der Waals surface area contributed by atoms with Crippen molar-refractivity contribution in [1.82, 2.24) is 15.3 Å². The number of fused-ring (bicyclic) bond motifs is 1. The van der Waals surface area contributed by atoms with E-state index in [0.29, 0.717) is 17.3 Å². The van der Waals surface area contributed by atoms with Crippen molar-refractivity contribution in [2.75, 3.05) is 12.4 Å². The number of methoxy groups -OCH3 is 1. The first-order valence-corrected chi connectivity index (χ1v) is 11.8. The van der Waals surface area contributed by atoms with Gasteiger partial charge in [-0.3, -0.25) is 4.79 Å². The third-order valence-corrected chi connectivity index (χ3v) is 6.03. The average molecular weight is 477 g/mol. The highest BCUT2D eigenvalue weighted by Crippen LogP contribution is 2.33. The van der Waals surface area contributed by atoms with Crippen LogP contribution >= 0.6 is 0 Å². The summed E-state index contributed by atoms with van der Waals surface area (Å²) in [6.45, 7) is 7.09. The second-order valence-electron chi connectivity index (χ2n) is 9.87. The average Bonchev–Trinajstić information content (AvgIpc) is 3.23. The number of amides is 1. The fourth-order valence-electron chi connectivity index (χ4n) is 4.35. The fraction of sp³-hybridized carbons (Fsp3) is 0.407. The number of hydrogen-bond acceptors (Lipinski definition) is 7. The second kappa shape index (κ2) is 9.90. The van der Waals surface area contributed by atoms with Gasteiger partial charge in [0.1, 0.15) is 11.4 Å². The van der Waals surface area contributed by atoms with Gasteiger partial charge in [-0.15, -0.1) is 0 Å². The number of anilines is 1. The molecule has 1 aliphatic rings. The summed E-state index contributed by atoms with van der Waals surface area (Å²) < 4.78 is 10.9. The summed E-state index contributed by atoms with van der Waals surface area (Å²) in [7, 11) is 1.61. The third-order valence-electron chi connectivity index (χ3n) is 6.03. The monoisotopic (exact) mass is 476 g/mol. The summed E-state index contributed by atoms with van der Waals surface area (Å²) in [6.07, 6.45) is 4.14. The van der Waals surface area contributed by atoms with E-state index in [4.69, 9.17) is 9.47 Å². The van der Waals surface area contributed by atoms with E-state index < -0.39 is 11.7 Å². The Bertz CT molecular complexity index is 1250. The predicted octanol–water partition coefficient (Wildman–Crippen LogP) is 5.37. The van der Waals surface area contributed by atoms with E-state index in [1.807, 2.05) is 51.1 Å². The van der Waals surface area contributed by atoms with Crippen LogP contribution in [0, 0.1) is 0 Å². The summed E-state index contributed by atoms with van der Waals surface area (Å²) in [4.78, 5) is 33.3. The van der Waals surface area contributed by atoms with E-state index in [2.05, 4.69) is 20.6 Å². The molecule has 1 fully saturated rings. The van der Waals surface area contributed by atoms with Crippen LogP contribution in [-0.2, 0) is 4.74 Å². The van der Waals surface area contributed by atoms with Crippen LogP contribution in [0.2, 0.25) is 0 Å². The first-order valence-electron chi connectivity index (χ1n) is 11.8. The zero-order valence-corrected chi connectivity index (χ0v) is 20.8. The number of carbonyl (C=O) groups excluding carboxylic acids is 2. The number of nitrogens with one attached hydrogen (secondary N) is 2. The quantitative estimate of drug-likeness (QED) is 0.461. The first-order chi connectivity index (χ1) is 16.6. The van der Waals surface area contributed by atoms with E-state index >= 15 is 0 Å². The van der Waals surface area contributed by atoms with Gasteiger partial charge in [-0.25, -0.2) is 14.8 Å². The van der Waals surface area contributed by atoms with Crippen LogP contribution in [0.15, 0.2) is 42.6 Å². The van der Waals surface area contributed by atoms with Crippen molar-refractivity contribution in [3.63, 3.8) is 0 Å². The van der Waals surface area contributed by atoms with Gasteiger partial charge in [0.25, 0.3) is 0 Å². The van der Waals surface area contributed by atoms with Crippen LogP contribution in [0.4, 0.5) is 10.7 Å². The number of aromatic nitrogens is 2. The van der Waals surface area contributed by atoms with Gasteiger partial charge in [0, 0.05) is 28.8 Å². The second-order valence-corrected chi connectivity index (χ2v) is 9.87. The van der Waals surface area contributed by atoms with Gasteiger partial charge in [0.15, 0.2) is 5.78 Å². The first kappa shape index (κ1) is 24.4. The molecule has 8 heteroatoms. The lowest BCUT2D eigenvalue weighted by Crippen LogP contribution is -2.45. The van der Waals surface area contributed by atoms with Crippen LogP contribution in [0.1, 0.15) is 57.3 Å². The third kappa shape index (κ3) is 5.88. The van der Waals surface area contributed by atoms with Crippen molar-refractivity contribution >= 4 is 28.7 Å². The highest BCUT2D eigenvalue weighted by Gasteiger charge is 2.30. The molecule has 3 aromatic rings. The molecule has 0 bridgehead atoms. The largest absolute Gasteiger partial charge is 0.496 e. The lowest BCUT2D eigenvalue weighted by Gasteiger charge is -2.25. The van der Waals surface area contributed by atoms with Crippen molar-refractivity contribution in [1.29, 1.82) is 0 Å². The minimum atomic E-state index is -0.538. The molecule has 0 aliphatic heterocycles. The Kier molecular flexibility index (Phi) is 6.91. The van der Waals surface area contributed by atoms with Crippen LogP contribution in [0.5, 0.6) is 5.75 Å². The molecule has 1 amide bonds. The molecule has 4 rings (SSSR count). The van der Waals surface area contributed by atoms with Gasteiger partial charge in [0.2, 0.25) is 5.95 Å². The summed E-state index contributed by atoms with van der Waals surface area (Å²) >= 11 is 0. The number of nitrogens with zero attached hydrogens (tertiary/aromatic N) is 2. The Hall–Kier alpha value is -3.68. The van der Waals surface area contributed by atoms with Gasteiger partial charge < -0.3 is 20.1 Å². The number of hydrogen-bond donors (Lipinski definition) is 2. The lowest BCUT2D eigenvalue weighted by atomic mass is 9.99. The highest BCUT2D eigenvalue weighted by molar-refractivity contribution is 5.96. The van der Waals surface area contributed by atoms with E-state index in [1.54, 1.807) is 26.3 Å².